The van der Waals surface area contributed by atoms with Crippen molar-refractivity contribution in [1.29, 1.82) is 0 Å². The minimum Gasteiger partial charge on any atom is -0.399 e. The molecular formula is C24H25N7. The molecule has 1 aliphatic heterocycles. The molecule has 0 amide bonds. The fraction of sp³-hybridized carbons (Fsp3) is 0.208. The predicted octanol–water partition coefficient (Wildman–Crippen LogP) is 4.45. The fourth-order valence-corrected chi connectivity index (χ4v) is 4.14. The molecule has 1 aliphatic rings. The smallest absolute Gasteiger partial charge is 0.178 e. The maximum Gasteiger partial charge on any atom is 0.178 e. The van der Waals surface area contributed by atoms with E-state index in [9.17, 15) is 0 Å². The Kier molecular flexibility index (Phi) is 4.78. The van der Waals surface area contributed by atoms with E-state index in [-0.39, 0.29) is 0 Å². The predicted molar refractivity (Wildman–Crippen MR) is 125 cm³/mol. The number of hydrogen-bond donors (Lipinski definition) is 2. The Morgan fingerprint density at radius 3 is 2.84 bits per heavy atom. The standard InChI is InChI=1S/C24H25N7/c1-16-6-5-11-30(16)23-10-4-9-22(29-23)28-21-13-20(14-31-24(21)26-15-27-31)19-8-3-7-18(12-19)17(2)25/h3-4,7-10,12-16H,2,5-6,11,25H2,1H3,(H,28,29)/t16-/m0/s1. The van der Waals surface area contributed by atoms with E-state index in [1.54, 1.807) is 10.8 Å². The molecule has 1 saturated heterocycles. The highest BCUT2D eigenvalue weighted by atomic mass is 15.3. The lowest BCUT2D eigenvalue weighted by Gasteiger charge is -2.23. The number of nitrogens with two attached hydrogens (primary N) is 1. The number of anilines is 3. The zero-order valence-electron chi connectivity index (χ0n) is 17.5. The lowest BCUT2D eigenvalue weighted by Crippen LogP contribution is -2.27. The van der Waals surface area contributed by atoms with Crippen molar-refractivity contribution in [2.75, 3.05) is 16.8 Å². The van der Waals surface area contributed by atoms with Crippen LogP contribution in [0.5, 0.6) is 0 Å². The summed E-state index contributed by atoms with van der Waals surface area (Å²) in [6, 6.07) is 16.7. The number of nitrogens with zero attached hydrogens (tertiary/aromatic N) is 5. The van der Waals surface area contributed by atoms with Gasteiger partial charge in [0.2, 0.25) is 0 Å². The van der Waals surface area contributed by atoms with Gasteiger partial charge in [0, 0.05) is 30.0 Å². The van der Waals surface area contributed by atoms with Crippen molar-refractivity contribution in [3.63, 3.8) is 0 Å². The van der Waals surface area contributed by atoms with Crippen LogP contribution in [0.1, 0.15) is 25.3 Å². The topological polar surface area (TPSA) is 84.4 Å². The van der Waals surface area contributed by atoms with Gasteiger partial charge in [0.05, 0.1) is 5.69 Å². The van der Waals surface area contributed by atoms with Crippen LogP contribution >= 0.6 is 0 Å². The molecule has 1 aromatic carbocycles. The van der Waals surface area contributed by atoms with Crippen molar-refractivity contribution in [2.45, 2.75) is 25.8 Å². The summed E-state index contributed by atoms with van der Waals surface area (Å²) in [4.78, 5) is 11.6. The molecule has 3 aromatic heterocycles. The first-order valence-electron chi connectivity index (χ1n) is 10.5. The summed E-state index contributed by atoms with van der Waals surface area (Å²) >= 11 is 0. The SMILES string of the molecule is C=C(N)c1cccc(-c2cc(Nc3cccc(N4CCC[C@@H]4C)n3)c3ncnn3c2)c1. The molecule has 0 radical (unpaired) electrons. The molecule has 0 aliphatic carbocycles. The van der Waals surface area contributed by atoms with Crippen molar-refractivity contribution in [3.05, 3.63) is 73.2 Å². The van der Waals surface area contributed by atoms with Gasteiger partial charge in [0.25, 0.3) is 0 Å². The fourth-order valence-electron chi connectivity index (χ4n) is 4.14. The first kappa shape index (κ1) is 19.1. The number of nitrogens with one attached hydrogen (secondary N) is 1. The van der Waals surface area contributed by atoms with Crippen molar-refractivity contribution in [1.82, 2.24) is 19.6 Å². The molecule has 1 atom stereocenters. The zero-order valence-corrected chi connectivity index (χ0v) is 17.5. The van der Waals surface area contributed by atoms with Crippen LogP contribution in [0.15, 0.2) is 67.6 Å². The molecular weight excluding hydrogens is 386 g/mol. The summed E-state index contributed by atoms with van der Waals surface area (Å²) in [5.41, 5.74) is 10.9. The molecule has 0 unspecified atom stereocenters. The highest BCUT2D eigenvalue weighted by Gasteiger charge is 2.21. The van der Waals surface area contributed by atoms with Crippen LogP contribution in [-0.2, 0) is 0 Å². The van der Waals surface area contributed by atoms with Gasteiger partial charge in [-0.15, -0.1) is 0 Å². The maximum atomic E-state index is 5.90. The highest BCUT2D eigenvalue weighted by molar-refractivity contribution is 5.80. The quantitative estimate of drug-likeness (QED) is 0.505. The van der Waals surface area contributed by atoms with E-state index in [2.05, 4.69) is 45.9 Å². The van der Waals surface area contributed by atoms with Gasteiger partial charge in [-0.1, -0.05) is 30.8 Å². The molecule has 0 spiro atoms. The monoisotopic (exact) mass is 411 g/mol. The van der Waals surface area contributed by atoms with Gasteiger partial charge in [-0.3, -0.25) is 0 Å². The Morgan fingerprint density at radius 2 is 2.03 bits per heavy atom. The molecule has 4 heterocycles. The van der Waals surface area contributed by atoms with E-state index in [0.717, 1.165) is 46.2 Å². The molecule has 7 heteroatoms. The molecule has 4 aromatic rings. The molecule has 31 heavy (non-hydrogen) atoms. The molecule has 3 N–H and O–H groups in total. The molecule has 5 rings (SSSR count). The van der Waals surface area contributed by atoms with Crippen LogP contribution in [0.25, 0.3) is 22.5 Å². The van der Waals surface area contributed by atoms with E-state index < -0.39 is 0 Å². The summed E-state index contributed by atoms with van der Waals surface area (Å²) in [5, 5.41) is 7.81. The van der Waals surface area contributed by atoms with Crippen LogP contribution in [0.2, 0.25) is 0 Å². The number of benzene rings is 1. The van der Waals surface area contributed by atoms with Crippen LogP contribution in [-0.4, -0.2) is 32.2 Å². The van der Waals surface area contributed by atoms with Crippen molar-refractivity contribution < 1.29 is 0 Å². The molecule has 0 saturated carbocycles. The Labute approximate surface area is 181 Å². The normalized spacial score (nSPS) is 16.0. The summed E-state index contributed by atoms with van der Waals surface area (Å²) in [5.74, 6) is 1.78. The first-order valence-corrected chi connectivity index (χ1v) is 10.5. The number of hydrogen-bond acceptors (Lipinski definition) is 6. The Hall–Kier alpha value is -3.87. The third kappa shape index (κ3) is 3.70. The Bertz CT molecular complexity index is 1260. The van der Waals surface area contributed by atoms with Gasteiger partial charge in [0.1, 0.15) is 18.0 Å². The van der Waals surface area contributed by atoms with Gasteiger partial charge in [-0.05, 0) is 55.2 Å². The van der Waals surface area contributed by atoms with E-state index in [0.29, 0.717) is 11.7 Å². The molecule has 1 fully saturated rings. The van der Waals surface area contributed by atoms with Crippen molar-refractivity contribution >= 4 is 28.7 Å². The molecule has 7 nitrogen and oxygen atoms in total. The third-order valence-electron chi connectivity index (χ3n) is 5.79. The van der Waals surface area contributed by atoms with E-state index in [1.807, 2.05) is 42.6 Å². The second kappa shape index (κ2) is 7.75. The maximum absolute atomic E-state index is 5.90. The van der Waals surface area contributed by atoms with Crippen molar-refractivity contribution in [3.8, 4) is 11.1 Å². The second-order valence-corrected chi connectivity index (χ2v) is 7.97. The van der Waals surface area contributed by atoms with Gasteiger partial charge in [-0.2, -0.15) is 5.10 Å². The minimum atomic E-state index is 0.513. The third-order valence-corrected chi connectivity index (χ3v) is 5.79. The van der Waals surface area contributed by atoms with Crippen LogP contribution in [0.4, 0.5) is 17.3 Å². The van der Waals surface area contributed by atoms with Gasteiger partial charge in [0.15, 0.2) is 5.65 Å². The van der Waals surface area contributed by atoms with Crippen LogP contribution in [0, 0.1) is 0 Å². The average molecular weight is 412 g/mol. The first-order chi connectivity index (χ1) is 15.1. The number of fused-ring (bicyclic) bond motifs is 1. The zero-order chi connectivity index (χ0) is 21.4. The molecule has 156 valence electrons. The van der Waals surface area contributed by atoms with E-state index >= 15 is 0 Å². The summed E-state index contributed by atoms with van der Waals surface area (Å²) < 4.78 is 1.77. The Balaban J connectivity index is 1.53. The summed E-state index contributed by atoms with van der Waals surface area (Å²) in [6.45, 7) is 7.15. The lowest BCUT2D eigenvalue weighted by molar-refractivity contribution is 0.727. The van der Waals surface area contributed by atoms with Gasteiger partial charge >= 0.3 is 0 Å². The van der Waals surface area contributed by atoms with E-state index in [1.165, 1.54) is 12.8 Å². The van der Waals surface area contributed by atoms with Crippen LogP contribution in [0.3, 0.4) is 0 Å². The summed E-state index contributed by atoms with van der Waals surface area (Å²) in [6.07, 6.45) is 5.92. The lowest BCUT2D eigenvalue weighted by atomic mass is 10.0. The highest BCUT2D eigenvalue weighted by Crippen LogP contribution is 2.30. The average Bonchev–Trinajstić information content (AvgIpc) is 3.43. The minimum absolute atomic E-state index is 0.513. The van der Waals surface area contributed by atoms with Crippen molar-refractivity contribution in [2.24, 2.45) is 5.73 Å². The van der Waals surface area contributed by atoms with E-state index in [4.69, 9.17) is 10.7 Å². The van der Waals surface area contributed by atoms with Gasteiger partial charge < -0.3 is 16.0 Å². The number of pyridine rings is 2. The summed E-state index contributed by atoms with van der Waals surface area (Å²) in [7, 11) is 0. The Morgan fingerprint density at radius 1 is 1.16 bits per heavy atom. The van der Waals surface area contributed by atoms with Gasteiger partial charge in [-0.25, -0.2) is 14.5 Å². The van der Waals surface area contributed by atoms with Crippen LogP contribution < -0.4 is 16.0 Å². The second-order valence-electron chi connectivity index (χ2n) is 7.97. The number of aromatic nitrogens is 4. The number of rotatable bonds is 5. The molecule has 0 bridgehead atoms. The largest absolute Gasteiger partial charge is 0.399 e.